The summed E-state index contributed by atoms with van der Waals surface area (Å²) in [4.78, 5) is 23.1. The number of amidine groups is 1. The number of hydrogen-bond donors (Lipinski definition) is 1. The molecular weight excluding hydrogens is 596 g/mol. The third-order valence-corrected chi connectivity index (χ3v) is 7.55. The normalized spacial score (nSPS) is 14.7. The van der Waals surface area contributed by atoms with E-state index in [4.69, 9.17) is 0 Å². The fraction of sp³-hybridized carbons (Fsp3) is 0.226. The molecular formula is C31H28F4N6O2S. The predicted octanol–water partition coefficient (Wildman–Crippen LogP) is 7.68. The van der Waals surface area contributed by atoms with Crippen molar-refractivity contribution in [3.63, 3.8) is 0 Å². The monoisotopic (exact) mass is 624 g/mol. The van der Waals surface area contributed by atoms with Crippen molar-refractivity contribution in [3.05, 3.63) is 95.9 Å². The highest BCUT2D eigenvalue weighted by molar-refractivity contribution is 8.14. The molecule has 0 bridgehead atoms. The van der Waals surface area contributed by atoms with Crippen molar-refractivity contribution in [3.8, 4) is 22.8 Å². The Hall–Kier alpha value is -4.65. The highest BCUT2D eigenvalue weighted by atomic mass is 32.2. The minimum absolute atomic E-state index is 0.224. The first kappa shape index (κ1) is 30.8. The molecule has 0 unspecified atom stereocenters. The van der Waals surface area contributed by atoms with E-state index >= 15 is 0 Å². The van der Waals surface area contributed by atoms with Crippen LogP contribution in [0.5, 0.6) is 5.75 Å². The summed E-state index contributed by atoms with van der Waals surface area (Å²) in [6.45, 7) is 4.87. The maximum absolute atomic E-state index is 14.9. The first-order valence-corrected chi connectivity index (χ1v) is 14.7. The number of carbonyl (C=O) groups excluding carboxylic acids is 1. The maximum atomic E-state index is 14.9. The number of rotatable bonds is 8. The molecule has 4 aromatic rings. The quantitative estimate of drug-likeness (QED) is 0.203. The number of aryl methyl sites for hydroxylation is 2. The Labute approximate surface area is 255 Å². The first-order valence-electron chi connectivity index (χ1n) is 13.7. The summed E-state index contributed by atoms with van der Waals surface area (Å²) in [6, 6.07) is 17.1. The summed E-state index contributed by atoms with van der Waals surface area (Å²) in [6.07, 6.45) is -0.484. The van der Waals surface area contributed by atoms with Crippen molar-refractivity contribution < 1.29 is 27.1 Å². The van der Waals surface area contributed by atoms with Gasteiger partial charge in [0.15, 0.2) is 11.0 Å². The van der Waals surface area contributed by atoms with Gasteiger partial charge in [0.25, 0.3) is 0 Å². The van der Waals surface area contributed by atoms with E-state index in [0.29, 0.717) is 22.2 Å². The van der Waals surface area contributed by atoms with Crippen molar-refractivity contribution in [2.24, 2.45) is 4.99 Å². The van der Waals surface area contributed by atoms with E-state index in [0.717, 1.165) is 42.6 Å². The van der Waals surface area contributed by atoms with Gasteiger partial charge >= 0.3 is 12.4 Å². The number of urea groups is 1. The van der Waals surface area contributed by atoms with Crippen molar-refractivity contribution in [1.82, 2.24) is 20.1 Å². The summed E-state index contributed by atoms with van der Waals surface area (Å²) < 4.78 is 57.3. The zero-order chi connectivity index (χ0) is 31.3. The number of aliphatic imine (C=N–C) groups is 1. The standard InChI is InChI=1S/C31H28F4N6O2S/c1-3-4-22-6-5-20(2)17-27(22)40-15-16-44-30(40)38-29(42)36-18-26(32)21-7-9-23(10-8-21)28-37-19-41(39-28)24-11-13-25(14-12-24)43-31(33,34)35/h5-14,17-19H,3-4,15-16H2,1-2H3,(H,36,42)/b26-18-,38-30-. The molecule has 1 fully saturated rings. The smallest absolute Gasteiger partial charge is 0.406 e. The average Bonchev–Trinajstić information content (AvgIpc) is 3.67. The summed E-state index contributed by atoms with van der Waals surface area (Å²) in [5, 5.41) is 7.33. The van der Waals surface area contributed by atoms with Crippen LogP contribution in [0.1, 0.15) is 30.0 Å². The lowest BCUT2D eigenvalue weighted by atomic mass is 10.0. The van der Waals surface area contributed by atoms with Crippen LogP contribution in [0.3, 0.4) is 0 Å². The van der Waals surface area contributed by atoms with Gasteiger partial charge in [0, 0.05) is 35.3 Å². The molecule has 2 heterocycles. The van der Waals surface area contributed by atoms with E-state index in [2.05, 4.69) is 50.3 Å². The van der Waals surface area contributed by atoms with E-state index in [-0.39, 0.29) is 11.3 Å². The second-order valence-corrected chi connectivity index (χ2v) is 10.9. The molecule has 1 aromatic heterocycles. The Morgan fingerprint density at radius 3 is 2.57 bits per heavy atom. The van der Waals surface area contributed by atoms with Gasteiger partial charge in [0.1, 0.15) is 17.9 Å². The van der Waals surface area contributed by atoms with Crippen molar-refractivity contribution in [2.45, 2.75) is 33.1 Å². The molecule has 228 valence electrons. The zero-order valence-electron chi connectivity index (χ0n) is 23.8. The Balaban J connectivity index is 1.22. The zero-order valence-corrected chi connectivity index (χ0v) is 24.6. The molecule has 1 N–H and O–H groups in total. The molecule has 2 amide bonds. The Morgan fingerprint density at radius 1 is 1.11 bits per heavy atom. The lowest BCUT2D eigenvalue weighted by Gasteiger charge is -2.22. The number of anilines is 1. The molecule has 13 heteroatoms. The Kier molecular flexibility index (Phi) is 9.33. The van der Waals surface area contributed by atoms with E-state index in [1.165, 1.54) is 64.7 Å². The number of thioether (sulfide) groups is 1. The fourth-order valence-corrected chi connectivity index (χ4v) is 5.50. The number of nitrogens with zero attached hydrogens (tertiary/aromatic N) is 5. The molecule has 1 aliphatic heterocycles. The fourth-order valence-electron chi connectivity index (χ4n) is 4.55. The summed E-state index contributed by atoms with van der Waals surface area (Å²) in [5.41, 5.74) is 4.64. The number of aromatic nitrogens is 3. The minimum atomic E-state index is -4.78. The average molecular weight is 625 g/mol. The number of amides is 2. The first-order chi connectivity index (χ1) is 21.1. The molecule has 0 aliphatic carbocycles. The number of carbonyl (C=O) groups is 1. The van der Waals surface area contributed by atoms with Crippen molar-refractivity contribution >= 4 is 34.5 Å². The van der Waals surface area contributed by atoms with Gasteiger partial charge in [0.2, 0.25) is 0 Å². The van der Waals surface area contributed by atoms with Crippen LogP contribution in [0.4, 0.5) is 28.0 Å². The predicted molar refractivity (Wildman–Crippen MR) is 164 cm³/mol. The van der Waals surface area contributed by atoms with Crippen LogP contribution in [0.2, 0.25) is 0 Å². The van der Waals surface area contributed by atoms with Gasteiger partial charge in [-0.25, -0.2) is 18.9 Å². The minimum Gasteiger partial charge on any atom is -0.406 e. The molecule has 1 aliphatic rings. The number of benzene rings is 3. The van der Waals surface area contributed by atoms with E-state index in [1.54, 1.807) is 12.1 Å². The summed E-state index contributed by atoms with van der Waals surface area (Å²) >= 11 is 1.48. The van der Waals surface area contributed by atoms with E-state index in [9.17, 15) is 22.4 Å². The SMILES string of the molecule is CCCc1ccc(C)cc1N1CCS/C1=N\C(=O)N/C=C(\F)c1ccc(-c2ncn(-c3ccc(OC(F)(F)F)cc3)n2)cc1. The second kappa shape index (κ2) is 13.3. The summed E-state index contributed by atoms with van der Waals surface area (Å²) in [7, 11) is 0. The molecule has 0 radical (unpaired) electrons. The molecule has 44 heavy (non-hydrogen) atoms. The number of alkyl halides is 3. The van der Waals surface area contributed by atoms with Gasteiger partial charge < -0.3 is 15.0 Å². The molecule has 1 saturated heterocycles. The van der Waals surface area contributed by atoms with Gasteiger partial charge in [-0.2, -0.15) is 4.99 Å². The highest BCUT2D eigenvalue weighted by Crippen LogP contribution is 2.31. The lowest BCUT2D eigenvalue weighted by Crippen LogP contribution is -2.27. The van der Waals surface area contributed by atoms with Crippen LogP contribution in [-0.4, -0.2) is 44.6 Å². The Morgan fingerprint density at radius 2 is 1.86 bits per heavy atom. The van der Waals surface area contributed by atoms with Crippen LogP contribution in [0.15, 0.2) is 84.2 Å². The molecule has 3 aromatic carbocycles. The topological polar surface area (TPSA) is 84.6 Å². The van der Waals surface area contributed by atoms with Gasteiger partial charge in [0.05, 0.1) is 5.69 Å². The third kappa shape index (κ3) is 7.64. The van der Waals surface area contributed by atoms with Gasteiger partial charge in [-0.3, -0.25) is 0 Å². The van der Waals surface area contributed by atoms with Gasteiger partial charge in [-0.15, -0.1) is 18.3 Å². The molecule has 0 saturated carbocycles. The number of halogens is 4. The van der Waals surface area contributed by atoms with Crippen molar-refractivity contribution in [2.75, 3.05) is 17.2 Å². The number of hydrogen-bond acceptors (Lipinski definition) is 5. The molecule has 8 nitrogen and oxygen atoms in total. The number of nitrogens with one attached hydrogen (secondary N) is 1. The third-order valence-electron chi connectivity index (χ3n) is 6.59. The maximum Gasteiger partial charge on any atom is 0.573 e. The lowest BCUT2D eigenvalue weighted by molar-refractivity contribution is -0.274. The van der Waals surface area contributed by atoms with E-state index in [1.807, 2.05) is 11.8 Å². The van der Waals surface area contributed by atoms with Crippen LogP contribution < -0.4 is 15.0 Å². The molecule has 0 spiro atoms. The molecule has 0 atom stereocenters. The number of ether oxygens (including phenoxy) is 1. The highest BCUT2D eigenvalue weighted by Gasteiger charge is 2.31. The van der Waals surface area contributed by atoms with Gasteiger partial charge in [-0.1, -0.05) is 61.5 Å². The van der Waals surface area contributed by atoms with E-state index < -0.39 is 18.2 Å². The Bertz CT molecular complexity index is 1680. The van der Waals surface area contributed by atoms with Gasteiger partial charge in [-0.05, 0) is 54.8 Å². The van der Waals surface area contributed by atoms with Crippen LogP contribution in [0, 0.1) is 6.92 Å². The molecule has 5 rings (SSSR count). The second-order valence-electron chi connectivity index (χ2n) is 9.85. The van der Waals surface area contributed by atoms with Crippen LogP contribution in [0.25, 0.3) is 22.9 Å². The largest absolute Gasteiger partial charge is 0.573 e. The van der Waals surface area contributed by atoms with Crippen molar-refractivity contribution in [1.29, 1.82) is 0 Å². The van der Waals surface area contributed by atoms with Crippen LogP contribution >= 0.6 is 11.8 Å². The van der Waals surface area contributed by atoms with Crippen LogP contribution in [-0.2, 0) is 6.42 Å². The summed E-state index contributed by atoms with van der Waals surface area (Å²) in [5.74, 6) is 0.108.